The number of carbonyl (C=O) groups excluding carboxylic acids is 1. The Balaban J connectivity index is 1.53. The fourth-order valence-electron chi connectivity index (χ4n) is 2.87. The van der Waals surface area contributed by atoms with Gasteiger partial charge in [-0.15, -0.1) is 0 Å². The quantitative estimate of drug-likeness (QED) is 0.674. The van der Waals surface area contributed by atoms with Gasteiger partial charge in [0.15, 0.2) is 0 Å². The van der Waals surface area contributed by atoms with Gasteiger partial charge in [0.2, 0.25) is 5.91 Å². The molecule has 0 saturated heterocycles. The van der Waals surface area contributed by atoms with Crippen LogP contribution in [-0.4, -0.2) is 24.5 Å². The number of rotatable bonds is 7. The number of aryl methyl sites for hydroxylation is 1. The molecule has 0 spiro atoms. The summed E-state index contributed by atoms with van der Waals surface area (Å²) in [4.78, 5) is 27.0. The van der Waals surface area contributed by atoms with Gasteiger partial charge in [0.1, 0.15) is 11.6 Å². The summed E-state index contributed by atoms with van der Waals surface area (Å²) in [5.74, 6) is 0.294. The molecular weight excluding hydrogens is 347 g/mol. The van der Waals surface area contributed by atoms with Gasteiger partial charge in [-0.25, -0.2) is 4.39 Å². The molecule has 3 rings (SSSR count). The molecule has 3 aromatic rings. The van der Waals surface area contributed by atoms with E-state index in [1.54, 1.807) is 25.3 Å². The molecule has 140 valence electrons. The highest BCUT2D eigenvalue weighted by Crippen LogP contribution is 2.18. The average Bonchev–Trinajstić information content (AvgIpc) is 2.67. The van der Waals surface area contributed by atoms with E-state index < -0.39 is 0 Å². The van der Waals surface area contributed by atoms with Crippen molar-refractivity contribution in [2.24, 2.45) is 0 Å². The van der Waals surface area contributed by atoms with Crippen LogP contribution < -0.4 is 15.6 Å². The first kappa shape index (κ1) is 18.6. The van der Waals surface area contributed by atoms with Crippen molar-refractivity contribution in [3.63, 3.8) is 0 Å². The molecule has 2 N–H and O–H groups in total. The van der Waals surface area contributed by atoms with Gasteiger partial charge in [-0.2, -0.15) is 0 Å². The fraction of sp³-hybridized carbons (Fsp3) is 0.238. The number of benzene rings is 2. The first-order valence-corrected chi connectivity index (χ1v) is 8.76. The Bertz CT molecular complexity index is 996. The standard InChI is InChI=1S/C21H21FN2O3/c1-27-18-8-5-15-12-16(21(26)24-19(15)13-18)10-11-23-20(25)9-4-14-2-6-17(22)7-3-14/h2-3,5-8,12-13H,4,9-11H2,1H3,(H,23,25)(H,24,26). The lowest BCUT2D eigenvalue weighted by Gasteiger charge is -2.07. The monoisotopic (exact) mass is 368 g/mol. The summed E-state index contributed by atoms with van der Waals surface area (Å²) in [5, 5.41) is 3.73. The van der Waals surface area contributed by atoms with E-state index in [1.165, 1.54) is 12.1 Å². The van der Waals surface area contributed by atoms with Gasteiger partial charge in [0, 0.05) is 24.6 Å². The summed E-state index contributed by atoms with van der Waals surface area (Å²) in [6.07, 6.45) is 1.31. The zero-order valence-electron chi connectivity index (χ0n) is 15.0. The number of H-pyrrole nitrogens is 1. The predicted molar refractivity (Wildman–Crippen MR) is 103 cm³/mol. The van der Waals surface area contributed by atoms with E-state index in [9.17, 15) is 14.0 Å². The van der Waals surface area contributed by atoms with Gasteiger partial charge >= 0.3 is 0 Å². The average molecular weight is 368 g/mol. The highest BCUT2D eigenvalue weighted by Gasteiger charge is 2.06. The van der Waals surface area contributed by atoms with E-state index in [0.717, 1.165) is 10.9 Å². The molecule has 0 aliphatic rings. The Morgan fingerprint density at radius 1 is 1.11 bits per heavy atom. The first-order valence-electron chi connectivity index (χ1n) is 8.76. The van der Waals surface area contributed by atoms with E-state index in [-0.39, 0.29) is 17.3 Å². The SMILES string of the molecule is COc1ccc2cc(CCNC(=O)CCc3ccc(F)cc3)c(=O)[nH]c2c1. The lowest BCUT2D eigenvalue weighted by molar-refractivity contribution is -0.121. The molecule has 0 fully saturated rings. The molecule has 0 saturated carbocycles. The predicted octanol–water partition coefficient (Wildman–Crippen LogP) is 2.97. The van der Waals surface area contributed by atoms with Crippen molar-refractivity contribution >= 4 is 16.8 Å². The second-order valence-corrected chi connectivity index (χ2v) is 6.30. The molecular formula is C21H21FN2O3. The number of hydrogen-bond acceptors (Lipinski definition) is 3. The summed E-state index contributed by atoms with van der Waals surface area (Å²) in [5.41, 5.74) is 2.07. The summed E-state index contributed by atoms with van der Waals surface area (Å²) >= 11 is 0. The molecule has 0 aliphatic heterocycles. The second kappa shape index (κ2) is 8.49. The minimum atomic E-state index is -0.290. The van der Waals surface area contributed by atoms with E-state index >= 15 is 0 Å². The first-order chi connectivity index (χ1) is 13.0. The molecule has 0 bridgehead atoms. The lowest BCUT2D eigenvalue weighted by atomic mass is 10.1. The largest absolute Gasteiger partial charge is 0.497 e. The normalized spacial score (nSPS) is 10.7. The molecule has 1 heterocycles. The van der Waals surface area contributed by atoms with Crippen molar-refractivity contribution in [1.29, 1.82) is 0 Å². The van der Waals surface area contributed by atoms with Crippen molar-refractivity contribution in [2.45, 2.75) is 19.3 Å². The zero-order valence-corrected chi connectivity index (χ0v) is 15.0. The summed E-state index contributed by atoms with van der Waals surface area (Å²) in [7, 11) is 1.58. The van der Waals surface area contributed by atoms with Crippen molar-refractivity contribution in [1.82, 2.24) is 10.3 Å². The Morgan fingerprint density at radius 2 is 1.89 bits per heavy atom. The van der Waals surface area contributed by atoms with E-state index in [2.05, 4.69) is 10.3 Å². The van der Waals surface area contributed by atoms with Crippen LogP contribution in [-0.2, 0) is 17.6 Å². The third-order valence-electron chi connectivity index (χ3n) is 4.40. The van der Waals surface area contributed by atoms with E-state index in [4.69, 9.17) is 4.74 Å². The number of methoxy groups -OCH3 is 1. The van der Waals surface area contributed by atoms with Crippen molar-refractivity contribution in [3.8, 4) is 5.75 Å². The number of aromatic nitrogens is 1. The van der Waals surface area contributed by atoms with Crippen LogP contribution in [0, 0.1) is 5.82 Å². The number of nitrogens with one attached hydrogen (secondary N) is 2. The number of carbonyl (C=O) groups is 1. The van der Waals surface area contributed by atoms with Crippen LogP contribution in [0.5, 0.6) is 5.75 Å². The third kappa shape index (κ3) is 4.94. The Morgan fingerprint density at radius 3 is 2.63 bits per heavy atom. The van der Waals surface area contributed by atoms with Gasteiger partial charge in [-0.3, -0.25) is 9.59 Å². The molecule has 1 aromatic heterocycles. The Kier molecular flexibility index (Phi) is 5.86. The molecule has 27 heavy (non-hydrogen) atoms. The van der Waals surface area contributed by atoms with Crippen LogP contribution >= 0.6 is 0 Å². The number of pyridine rings is 1. The number of hydrogen-bond donors (Lipinski definition) is 2. The molecule has 6 heteroatoms. The minimum absolute atomic E-state index is 0.0960. The molecule has 1 amide bonds. The van der Waals surface area contributed by atoms with Gasteiger partial charge in [-0.05, 0) is 54.1 Å². The smallest absolute Gasteiger partial charge is 0.251 e. The molecule has 0 atom stereocenters. The number of ether oxygens (including phenoxy) is 1. The fourth-order valence-corrected chi connectivity index (χ4v) is 2.87. The number of aromatic amines is 1. The summed E-state index contributed by atoms with van der Waals surface area (Å²) < 4.78 is 18.0. The van der Waals surface area contributed by atoms with Crippen LogP contribution in [0.4, 0.5) is 4.39 Å². The van der Waals surface area contributed by atoms with Crippen molar-refractivity contribution in [3.05, 3.63) is 75.8 Å². The van der Waals surface area contributed by atoms with Crippen molar-refractivity contribution < 1.29 is 13.9 Å². The summed E-state index contributed by atoms with van der Waals surface area (Å²) in [6, 6.07) is 13.4. The maximum atomic E-state index is 12.9. The van der Waals surface area contributed by atoms with Crippen molar-refractivity contribution in [2.75, 3.05) is 13.7 Å². The number of halogens is 1. The van der Waals surface area contributed by atoms with Gasteiger partial charge in [-0.1, -0.05) is 12.1 Å². The molecule has 5 nitrogen and oxygen atoms in total. The van der Waals surface area contributed by atoms with Crippen LogP contribution in [0.1, 0.15) is 17.5 Å². The van der Waals surface area contributed by atoms with Crippen LogP contribution in [0.3, 0.4) is 0 Å². The zero-order chi connectivity index (χ0) is 19.2. The van der Waals surface area contributed by atoms with E-state index in [1.807, 2.05) is 18.2 Å². The molecule has 2 aromatic carbocycles. The Hall–Kier alpha value is -3.15. The van der Waals surface area contributed by atoms with Gasteiger partial charge in [0.05, 0.1) is 12.6 Å². The maximum Gasteiger partial charge on any atom is 0.251 e. The number of amides is 1. The molecule has 0 unspecified atom stereocenters. The van der Waals surface area contributed by atoms with Gasteiger partial charge in [0.25, 0.3) is 5.56 Å². The van der Waals surface area contributed by atoms with Crippen LogP contribution in [0.15, 0.2) is 53.3 Å². The number of fused-ring (bicyclic) bond motifs is 1. The van der Waals surface area contributed by atoms with Crippen LogP contribution in [0.25, 0.3) is 10.9 Å². The second-order valence-electron chi connectivity index (χ2n) is 6.30. The van der Waals surface area contributed by atoms with Gasteiger partial charge < -0.3 is 15.0 Å². The van der Waals surface area contributed by atoms with Crippen LogP contribution in [0.2, 0.25) is 0 Å². The molecule has 0 aliphatic carbocycles. The maximum absolute atomic E-state index is 12.9. The summed E-state index contributed by atoms with van der Waals surface area (Å²) in [6.45, 7) is 0.382. The topological polar surface area (TPSA) is 71.2 Å². The minimum Gasteiger partial charge on any atom is -0.497 e. The molecule has 0 radical (unpaired) electrons. The lowest BCUT2D eigenvalue weighted by Crippen LogP contribution is -2.27. The third-order valence-corrected chi connectivity index (χ3v) is 4.40. The Labute approximate surface area is 156 Å². The van der Waals surface area contributed by atoms with E-state index in [0.29, 0.717) is 42.6 Å². The highest BCUT2D eigenvalue weighted by molar-refractivity contribution is 5.80. The highest BCUT2D eigenvalue weighted by atomic mass is 19.1.